The molecule has 0 spiro atoms. The summed E-state index contributed by atoms with van der Waals surface area (Å²) in [6.07, 6.45) is 2.11. The van der Waals surface area contributed by atoms with Crippen LogP contribution in [-0.4, -0.2) is 43.5 Å². The van der Waals surface area contributed by atoms with Gasteiger partial charge < -0.3 is 9.64 Å². The molecule has 0 bridgehead atoms. The molecule has 76 valence electrons. The topological polar surface area (TPSA) is 29.5 Å². The maximum absolute atomic E-state index is 11.1. The number of nitrogens with zero attached hydrogens (tertiary/aromatic N) is 1. The van der Waals surface area contributed by atoms with Gasteiger partial charge in [0.1, 0.15) is 5.88 Å². The summed E-state index contributed by atoms with van der Waals surface area (Å²) in [4.78, 5) is 12.9. The van der Waals surface area contributed by atoms with Crippen molar-refractivity contribution in [2.45, 2.75) is 12.8 Å². The monoisotopic (exact) mass is 205 g/mol. The third-order valence-corrected chi connectivity index (χ3v) is 2.64. The van der Waals surface area contributed by atoms with Gasteiger partial charge in [-0.3, -0.25) is 4.79 Å². The summed E-state index contributed by atoms with van der Waals surface area (Å²) in [5.41, 5.74) is 0. The molecule has 13 heavy (non-hydrogen) atoms. The molecule has 1 saturated heterocycles. The van der Waals surface area contributed by atoms with Crippen LogP contribution in [0.15, 0.2) is 0 Å². The average Bonchev–Trinajstić information content (AvgIpc) is 2.18. The molecule has 0 aromatic carbocycles. The largest absolute Gasteiger partial charge is 0.381 e. The summed E-state index contributed by atoms with van der Waals surface area (Å²) >= 11 is 5.45. The lowest BCUT2D eigenvalue weighted by Gasteiger charge is -2.26. The maximum Gasteiger partial charge on any atom is 0.237 e. The van der Waals surface area contributed by atoms with Crippen molar-refractivity contribution < 1.29 is 9.53 Å². The van der Waals surface area contributed by atoms with Gasteiger partial charge in [-0.25, -0.2) is 0 Å². The van der Waals surface area contributed by atoms with Crippen LogP contribution >= 0.6 is 11.6 Å². The molecule has 1 rings (SSSR count). The van der Waals surface area contributed by atoms with Gasteiger partial charge in [0.15, 0.2) is 0 Å². The number of hydrogen-bond donors (Lipinski definition) is 0. The Morgan fingerprint density at radius 3 is 2.69 bits per heavy atom. The summed E-state index contributed by atoms with van der Waals surface area (Å²) < 4.78 is 5.24. The van der Waals surface area contributed by atoms with E-state index in [4.69, 9.17) is 16.3 Å². The molecule has 1 fully saturated rings. The highest BCUT2D eigenvalue weighted by Gasteiger charge is 2.17. The van der Waals surface area contributed by atoms with Crippen molar-refractivity contribution in [3.63, 3.8) is 0 Å². The predicted octanol–water partition coefficient (Wildman–Crippen LogP) is 1.11. The minimum absolute atomic E-state index is 0.00755. The highest BCUT2D eigenvalue weighted by molar-refractivity contribution is 6.27. The first-order chi connectivity index (χ1) is 6.24. The fraction of sp³-hybridized carbons (Fsp3) is 0.889. The third-order valence-electron chi connectivity index (χ3n) is 2.41. The zero-order valence-corrected chi connectivity index (χ0v) is 8.72. The second-order valence-corrected chi connectivity index (χ2v) is 3.73. The molecule has 0 N–H and O–H groups in total. The molecule has 1 amide bonds. The molecule has 0 atom stereocenters. The van der Waals surface area contributed by atoms with Crippen molar-refractivity contribution in [1.29, 1.82) is 0 Å². The van der Waals surface area contributed by atoms with Gasteiger partial charge in [-0.2, -0.15) is 0 Å². The number of halogens is 1. The van der Waals surface area contributed by atoms with Gasteiger partial charge >= 0.3 is 0 Å². The van der Waals surface area contributed by atoms with E-state index in [1.54, 1.807) is 11.9 Å². The number of hydrogen-bond acceptors (Lipinski definition) is 2. The van der Waals surface area contributed by atoms with Gasteiger partial charge in [0.05, 0.1) is 0 Å². The van der Waals surface area contributed by atoms with E-state index in [-0.39, 0.29) is 11.8 Å². The number of carbonyl (C=O) groups excluding carboxylic acids is 1. The minimum atomic E-state index is 0.00755. The van der Waals surface area contributed by atoms with Crippen LogP contribution < -0.4 is 0 Å². The van der Waals surface area contributed by atoms with Gasteiger partial charge in [0, 0.05) is 26.8 Å². The van der Waals surface area contributed by atoms with E-state index in [9.17, 15) is 4.79 Å². The van der Waals surface area contributed by atoms with Gasteiger partial charge in [-0.05, 0) is 18.8 Å². The Morgan fingerprint density at radius 2 is 2.15 bits per heavy atom. The fourth-order valence-electron chi connectivity index (χ4n) is 1.52. The number of amides is 1. The molecule has 1 heterocycles. The Morgan fingerprint density at radius 1 is 1.54 bits per heavy atom. The standard InChI is InChI=1S/C9H16ClNO2/c1-11(9(12)6-10)7-8-2-4-13-5-3-8/h8H,2-7H2,1H3. The van der Waals surface area contributed by atoms with Crippen LogP contribution in [0.3, 0.4) is 0 Å². The summed E-state index contributed by atoms with van der Waals surface area (Å²) in [7, 11) is 1.81. The molecule has 0 aromatic rings. The first kappa shape index (κ1) is 10.8. The van der Waals surface area contributed by atoms with Gasteiger partial charge in [-0.1, -0.05) is 0 Å². The van der Waals surface area contributed by atoms with Crippen LogP contribution in [0.1, 0.15) is 12.8 Å². The first-order valence-corrected chi connectivity index (χ1v) is 5.15. The van der Waals surface area contributed by atoms with Gasteiger partial charge in [0.25, 0.3) is 0 Å². The lowest BCUT2D eigenvalue weighted by Crippen LogP contribution is -2.34. The predicted molar refractivity (Wildman–Crippen MR) is 51.9 cm³/mol. The molecule has 0 saturated carbocycles. The zero-order valence-electron chi connectivity index (χ0n) is 7.96. The number of carbonyl (C=O) groups is 1. The van der Waals surface area contributed by atoms with Gasteiger partial charge in [0.2, 0.25) is 5.91 Å². The van der Waals surface area contributed by atoms with E-state index < -0.39 is 0 Å². The first-order valence-electron chi connectivity index (χ1n) is 4.61. The Kier molecular flexibility index (Phi) is 4.53. The molecule has 1 aliphatic heterocycles. The Balaban J connectivity index is 2.25. The van der Waals surface area contributed by atoms with E-state index >= 15 is 0 Å². The highest BCUT2D eigenvalue weighted by Crippen LogP contribution is 2.15. The van der Waals surface area contributed by atoms with E-state index in [2.05, 4.69) is 0 Å². The van der Waals surface area contributed by atoms with Crippen molar-refractivity contribution >= 4 is 17.5 Å². The lowest BCUT2D eigenvalue weighted by atomic mass is 10.00. The van der Waals surface area contributed by atoms with Gasteiger partial charge in [-0.15, -0.1) is 11.6 Å². The number of alkyl halides is 1. The minimum Gasteiger partial charge on any atom is -0.381 e. The second-order valence-electron chi connectivity index (χ2n) is 3.46. The third kappa shape index (κ3) is 3.53. The molecular weight excluding hydrogens is 190 g/mol. The molecule has 3 nitrogen and oxygen atoms in total. The summed E-state index contributed by atoms with van der Waals surface area (Å²) in [6.45, 7) is 2.47. The van der Waals surface area contributed by atoms with Crippen molar-refractivity contribution in [2.24, 2.45) is 5.92 Å². The molecule has 1 aliphatic rings. The Bertz CT molecular complexity index is 169. The molecule has 0 radical (unpaired) electrons. The molecule has 0 aliphatic carbocycles. The smallest absolute Gasteiger partial charge is 0.237 e. The van der Waals surface area contributed by atoms with Crippen molar-refractivity contribution in [3.05, 3.63) is 0 Å². The highest BCUT2D eigenvalue weighted by atomic mass is 35.5. The van der Waals surface area contributed by atoms with E-state index in [1.165, 1.54) is 0 Å². The van der Waals surface area contributed by atoms with Crippen LogP contribution in [0.5, 0.6) is 0 Å². The second kappa shape index (κ2) is 5.45. The number of rotatable bonds is 3. The molecular formula is C9H16ClNO2. The lowest BCUT2D eigenvalue weighted by molar-refractivity contribution is -0.128. The number of ether oxygens (including phenoxy) is 1. The fourth-order valence-corrected chi connectivity index (χ4v) is 1.72. The summed E-state index contributed by atoms with van der Waals surface area (Å²) in [6, 6.07) is 0. The van der Waals surface area contributed by atoms with Crippen LogP contribution in [0.4, 0.5) is 0 Å². The zero-order chi connectivity index (χ0) is 9.68. The normalized spacial score (nSPS) is 18.6. The van der Waals surface area contributed by atoms with Crippen molar-refractivity contribution in [2.75, 3.05) is 32.7 Å². The Labute approximate surface area is 84.0 Å². The SMILES string of the molecule is CN(CC1CCOCC1)C(=O)CCl. The average molecular weight is 206 g/mol. The maximum atomic E-state index is 11.1. The Hall–Kier alpha value is -0.280. The van der Waals surface area contributed by atoms with Crippen LogP contribution in [0.25, 0.3) is 0 Å². The summed E-state index contributed by atoms with van der Waals surface area (Å²) in [5.74, 6) is 0.679. The molecule has 4 heteroatoms. The van der Waals surface area contributed by atoms with Crippen LogP contribution in [0, 0.1) is 5.92 Å². The quantitative estimate of drug-likeness (QED) is 0.646. The van der Waals surface area contributed by atoms with Crippen molar-refractivity contribution in [1.82, 2.24) is 4.90 Å². The van der Waals surface area contributed by atoms with E-state index in [0.29, 0.717) is 5.92 Å². The van der Waals surface area contributed by atoms with Crippen molar-refractivity contribution in [3.8, 4) is 0 Å². The molecule has 0 aromatic heterocycles. The van der Waals surface area contributed by atoms with E-state index in [0.717, 1.165) is 32.6 Å². The molecule has 0 unspecified atom stereocenters. The van der Waals surface area contributed by atoms with Crippen LogP contribution in [-0.2, 0) is 9.53 Å². The van der Waals surface area contributed by atoms with E-state index in [1.807, 2.05) is 0 Å². The summed E-state index contributed by atoms with van der Waals surface area (Å²) in [5, 5.41) is 0. The van der Waals surface area contributed by atoms with Crippen LogP contribution in [0.2, 0.25) is 0 Å².